The Morgan fingerprint density at radius 3 is 2.48 bits per heavy atom. The van der Waals surface area contributed by atoms with Gasteiger partial charge in [0.1, 0.15) is 9.75 Å². The Bertz CT molecular complexity index is 1830. The zero-order valence-electron chi connectivity index (χ0n) is 23.8. The molecule has 6 rings (SSSR count). The SMILES string of the molecule is Cc1c(C(=O)O)sc2ccc(SN(CCc3ccccc3Cl)c3ccccc3N3CCN(C(=O)c4sccc4Br)CC3)cc12. The molecule has 0 bridgehead atoms. The van der Waals surface area contributed by atoms with E-state index in [1.54, 1.807) is 11.9 Å². The molecule has 226 valence electrons. The van der Waals surface area contributed by atoms with Crippen LogP contribution >= 0.6 is 62.2 Å². The van der Waals surface area contributed by atoms with E-state index in [9.17, 15) is 14.7 Å². The number of nitrogens with zero attached hydrogens (tertiary/aromatic N) is 3. The molecule has 0 saturated carbocycles. The van der Waals surface area contributed by atoms with Crippen molar-refractivity contribution in [2.24, 2.45) is 0 Å². The monoisotopic (exact) mass is 725 g/mol. The van der Waals surface area contributed by atoms with E-state index < -0.39 is 5.97 Å². The largest absolute Gasteiger partial charge is 0.477 e. The van der Waals surface area contributed by atoms with E-state index in [0.29, 0.717) is 24.5 Å². The first kappa shape index (κ1) is 31.0. The van der Waals surface area contributed by atoms with Crippen LogP contribution in [0.5, 0.6) is 0 Å². The Balaban J connectivity index is 1.28. The molecule has 11 heteroatoms. The molecule has 0 radical (unpaired) electrons. The van der Waals surface area contributed by atoms with Crippen molar-refractivity contribution in [2.75, 3.05) is 41.9 Å². The number of piperazine rings is 1. The molecule has 1 amide bonds. The van der Waals surface area contributed by atoms with Crippen LogP contribution in [0.1, 0.15) is 30.5 Å². The van der Waals surface area contributed by atoms with E-state index in [1.807, 2.05) is 47.5 Å². The summed E-state index contributed by atoms with van der Waals surface area (Å²) in [6.07, 6.45) is 0.752. The highest BCUT2D eigenvalue weighted by Gasteiger charge is 2.27. The van der Waals surface area contributed by atoms with Gasteiger partial charge in [-0.1, -0.05) is 41.9 Å². The number of para-hydroxylation sites is 2. The number of thiophene rings is 2. The Labute approximate surface area is 282 Å². The fraction of sp³-hybridized carbons (Fsp3) is 0.212. The maximum atomic E-state index is 13.1. The lowest BCUT2D eigenvalue weighted by Crippen LogP contribution is -2.49. The number of carboxylic acids is 1. The van der Waals surface area contributed by atoms with E-state index in [4.69, 9.17) is 11.6 Å². The first-order valence-corrected chi connectivity index (χ1v) is 17.8. The van der Waals surface area contributed by atoms with Crippen LogP contribution in [-0.2, 0) is 6.42 Å². The minimum absolute atomic E-state index is 0.0712. The normalized spacial score (nSPS) is 13.4. The molecule has 1 N–H and O–H groups in total. The maximum absolute atomic E-state index is 13.1. The maximum Gasteiger partial charge on any atom is 0.346 e. The highest BCUT2D eigenvalue weighted by Crippen LogP contribution is 2.40. The van der Waals surface area contributed by atoms with Gasteiger partial charge in [0, 0.05) is 51.8 Å². The number of aromatic carboxylic acids is 1. The number of carboxylic acid groups (broad SMARTS) is 1. The number of hydrogen-bond acceptors (Lipinski definition) is 7. The predicted molar refractivity (Wildman–Crippen MR) is 188 cm³/mol. The van der Waals surface area contributed by atoms with Gasteiger partial charge >= 0.3 is 5.97 Å². The van der Waals surface area contributed by atoms with E-state index in [0.717, 1.165) is 71.4 Å². The van der Waals surface area contributed by atoms with Crippen LogP contribution in [0.15, 0.2) is 87.5 Å². The highest BCUT2D eigenvalue weighted by molar-refractivity contribution is 9.10. The second kappa shape index (κ2) is 13.5. The smallest absolute Gasteiger partial charge is 0.346 e. The van der Waals surface area contributed by atoms with Crippen molar-refractivity contribution in [3.8, 4) is 0 Å². The van der Waals surface area contributed by atoms with Crippen LogP contribution in [0.4, 0.5) is 11.4 Å². The molecule has 3 aromatic carbocycles. The first-order chi connectivity index (χ1) is 21.3. The van der Waals surface area contributed by atoms with Crippen molar-refractivity contribution in [1.82, 2.24) is 4.90 Å². The minimum Gasteiger partial charge on any atom is -0.477 e. The summed E-state index contributed by atoms with van der Waals surface area (Å²) < 4.78 is 4.12. The van der Waals surface area contributed by atoms with Gasteiger partial charge in [-0.25, -0.2) is 4.79 Å². The molecule has 0 aliphatic carbocycles. The summed E-state index contributed by atoms with van der Waals surface area (Å²) in [6, 6.07) is 24.4. The number of amides is 1. The Morgan fingerprint density at radius 1 is 1.00 bits per heavy atom. The zero-order valence-corrected chi connectivity index (χ0v) is 28.6. The summed E-state index contributed by atoms with van der Waals surface area (Å²) >= 11 is 14.5. The van der Waals surface area contributed by atoms with Crippen LogP contribution in [0, 0.1) is 6.92 Å². The fourth-order valence-electron chi connectivity index (χ4n) is 5.41. The summed E-state index contributed by atoms with van der Waals surface area (Å²) in [5, 5.41) is 13.3. The highest BCUT2D eigenvalue weighted by atomic mass is 79.9. The molecule has 0 spiro atoms. The molecular formula is C33H29BrClN3O3S3. The summed E-state index contributed by atoms with van der Waals surface area (Å²) in [5.41, 5.74) is 4.08. The lowest BCUT2D eigenvalue weighted by Gasteiger charge is -2.38. The minimum atomic E-state index is -0.891. The summed E-state index contributed by atoms with van der Waals surface area (Å²) in [5.74, 6) is -0.820. The average Bonchev–Trinajstić information content (AvgIpc) is 3.62. The van der Waals surface area contributed by atoms with Crippen molar-refractivity contribution >= 4 is 95.5 Å². The van der Waals surface area contributed by atoms with Crippen molar-refractivity contribution < 1.29 is 14.7 Å². The fourth-order valence-corrected chi connectivity index (χ4v) is 9.16. The van der Waals surface area contributed by atoms with Crippen molar-refractivity contribution in [3.63, 3.8) is 0 Å². The number of rotatable bonds is 9. The van der Waals surface area contributed by atoms with Gasteiger partial charge < -0.3 is 19.2 Å². The van der Waals surface area contributed by atoms with E-state index >= 15 is 0 Å². The number of halogens is 2. The molecule has 3 heterocycles. The van der Waals surface area contributed by atoms with Crippen molar-refractivity contribution in [1.29, 1.82) is 0 Å². The number of carbonyl (C=O) groups is 2. The van der Waals surface area contributed by atoms with Crippen molar-refractivity contribution in [3.05, 3.63) is 109 Å². The third kappa shape index (κ3) is 6.50. The van der Waals surface area contributed by atoms with Gasteiger partial charge in [-0.05, 0) is 106 Å². The second-order valence-electron chi connectivity index (χ2n) is 10.4. The van der Waals surface area contributed by atoms with E-state index in [1.165, 1.54) is 22.7 Å². The number of hydrogen-bond donors (Lipinski definition) is 1. The third-order valence-corrected chi connectivity index (χ3v) is 12.2. The Morgan fingerprint density at radius 2 is 1.75 bits per heavy atom. The van der Waals surface area contributed by atoms with Gasteiger partial charge in [-0.15, -0.1) is 22.7 Å². The van der Waals surface area contributed by atoms with E-state index in [2.05, 4.69) is 67.6 Å². The third-order valence-electron chi connectivity index (χ3n) is 7.73. The topological polar surface area (TPSA) is 64.1 Å². The van der Waals surface area contributed by atoms with Crippen LogP contribution < -0.4 is 9.21 Å². The molecule has 2 aromatic heterocycles. The molecule has 1 aliphatic heterocycles. The number of benzene rings is 3. The predicted octanol–water partition coefficient (Wildman–Crippen LogP) is 9.10. The van der Waals surface area contributed by atoms with Gasteiger partial charge in [-0.2, -0.15) is 0 Å². The Kier molecular flexibility index (Phi) is 9.53. The van der Waals surface area contributed by atoms with Gasteiger partial charge in [0.05, 0.1) is 11.4 Å². The van der Waals surface area contributed by atoms with Crippen LogP contribution in [0.2, 0.25) is 5.02 Å². The van der Waals surface area contributed by atoms with E-state index in [-0.39, 0.29) is 5.91 Å². The molecule has 1 saturated heterocycles. The summed E-state index contributed by atoms with van der Waals surface area (Å²) in [4.78, 5) is 31.4. The van der Waals surface area contributed by atoms with Gasteiger partial charge in [0.2, 0.25) is 0 Å². The number of anilines is 2. The van der Waals surface area contributed by atoms with Crippen LogP contribution in [0.25, 0.3) is 10.1 Å². The first-order valence-electron chi connectivity index (χ1n) is 14.1. The molecular weight excluding hydrogens is 698 g/mol. The standard InChI is InChI=1S/C33H29BrClN3O3S3/c1-21-24-20-23(10-11-29(24)43-30(21)33(40)41)44-38(14-12-22-6-2-3-7-26(22)35)28-9-5-4-8-27(28)36-15-17-37(18-16-36)32(39)31-25(34)13-19-42-31/h2-11,13,19-20H,12,14-18H2,1H3,(H,40,41). The molecule has 1 aliphatic rings. The van der Waals surface area contributed by atoms with Gasteiger partial charge in [-0.3, -0.25) is 4.79 Å². The lowest BCUT2D eigenvalue weighted by atomic mass is 10.1. The summed E-state index contributed by atoms with van der Waals surface area (Å²) in [7, 11) is 0. The number of fused-ring (bicyclic) bond motifs is 1. The second-order valence-corrected chi connectivity index (χ2v) is 14.7. The molecule has 44 heavy (non-hydrogen) atoms. The van der Waals surface area contributed by atoms with Crippen molar-refractivity contribution in [2.45, 2.75) is 18.2 Å². The zero-order chi connectivity index (χ0) is 30.8. The average molecular weight is 727 g/mol. The van der Waals surface area contributed by atoms with Gasteiger partial charge in [0.15, 0.2) is 0 Å². The molecule has 0 atom stereocenters. The van der Waals surface area contributed by atoms with Gasteiger partial charge in [0.25, 0.3) is 5.91 Å². The lowest BCUT2D eigenvalue weighted by molar-refractivity contribution is 0.0700. The molecule has 5 aromatic rings. The van der Waals surface area contributed by atoms with Crippen LogP contribution in [-0.4, -0.2) is 54.6 Å². The number of aryl methyl sites for hydroxylation is 1. The Hall–Kier alpha value is -3.02. The quantitative estimate of drug-likeness (QED) is 0.153. The molecule has 0 unspecified atom stereocenters. The summed E-state index contributed by atoms with van der Waals surface area (Å²) in [6.45, 7) is 5.33. The molecule has 1 fully saturated rings. The number of carbonyl (C=O) groups excluding carboxylic acids is 1. The molecule has 6 nitrogen and oxygen atoms in total. The van der Waals surface area contributed by atoms with Crippen LogP contribution in [0.3, 0.4) is 0 Å².